The fraction of sp³-hybridized carbons (Fsp3) is 0.571. The minimum Gasteiger partial charge on any atom is -0.361 e. The number of ether oxygens (including phenoxy) is 2. The lowest BCUT2D eigenvalue weighted by Gasteiger charge is -2.48. The SMILES string of the molecule is CNC(C)c1cccc(N2CC(OC)(OC)C2)c1. The van der Waals surface area contributed by atoms with E-state index < -0.39 is 5.79 Å². The smallest absolute Gasteiger partial charge is 0.203 e. The predicted octanol–water partition coefficient (Wildman–Crippen LogP) is 1.78. The summed E-state index contributed by atoms with van der Waals surface area (Å²) in [5.41, 5.74) is 2.52. The molecular weight excluding hydrogens is 228 g/mol. The second-order valence-electron chi connectivity index (χ2n) is 4.78. The number of hydrogen-bond acceptors (Lipinski definition) is 4. The Balaban J connectivity index is 2.08. The van der Waals surface area contributed by atoms with Crippen LogP contribution in [0.15, 0.2) is 24.3 Å². The molecule has 0 saturated carbocycles. The van der Waals surface area contributed by atoms with Crippen LogP contribution in [0.2, 0.25) is 0 Å². The van der Waals surface area contributed by atoms with E-state index in [1.54, 1.807) is 14.2 Å². The largest absolute Gasteiger partial charge is 0.361 e. The van der Waals surface area contributed by atoms with E-state index in [-0.39, 0.29) is 0 Å². The zero-order valence-electron chi connectivity index (χ0n) is 11.6. The predicted molar refractivity (Wildman–Crippen MR) is 72.9 cm³/mol. The van der Waals surface area contributed by atoms with Gasteiger partial charge in [0.2, 0.25) is 5.79 Å². The summed E-state index contributed by atoms with van der Waals surface area (Å²) in [6, 6.07) is 8.95. The van der Waals surface area contributed by atoms with Crippen molar-refractivity contribution in [3.8, 4) is 0 Å². The summed E-state index contributed by atoms with van der Waals surface area (Å²) in [4.78, 5) is 2.26. The van der Waals surface area contributed by atoms with Gasteiger partial charge in [0.15, 0.2) is 0 Å². The molecule has 1 N–H and O–H groups in total. The molecule has 0 aromatic heterocycles. The molecule has 1 unspecified atom stereocenters. The van der Waals surface area contributed by atoms with Crippen molar-refractivity contribution in [1.29, 1.82) is 0 Å². The average molecular weight is 250 g/mol. The normalized spacial score (nSPS) is 19.4. The molecule has 0 spiro atoms. The third kappa shape index (κ3) is 2.36. The molecule has 18 heavy (non-hydrogen) atoms. The monoisotopic (exact) mass is 250 g/mol. The molecule has 1 heterocycles. The van der Waals surface area contributed by atoms with Crippen LogP contribution in [-0.2, 0) is 9.47 Å². The molecule has 1 atom stereocenters. The zero-order valence-corrected chi connectivity index (χ0v) is 11.6. The van der Waals surface area contributed by atoms with E-state index >= 15 is 0 Å². The second kappa shape index (κ2) is 5.26. The molecular formula is C14H22N2O2. The van der Waals surface area contributed by atoms with Crippen molar-refractivity contribution in [1.82, 2.24) is 5.32 Å². The van der Waals surface area contributed by atoms with Gasteiger partial charge in [0, 0.05) is 25.9 Å². The van der Waals surface area contributed by atoms with Crippen LogP contribution in [-0.4, -0.2) is 40.1 Å². The summed E-state index contributed by atoms with van der Waals surface area (Å²) < 4.78 is 10.8. The maximum Gasteiger partial charge on any atom is 0.203 e. The molecule has 1 aromatic carbocycles. The molecule has 4 heteroatoms. The average Bonchev–Trinajstić information content (AvgIpc) is 2.38. The van der Waals surface area contributed by atoms with Crippen molar-refractivity contribution >= 4 is 5.69 Å². The Kier molecular flexibility index (Phi) is 3.90. The number of hydrogen-bond donors (Lipinski definition) is 1. The van der Waals surface area contributed by atoms with Crippen LogP contribution in [0.25, 0.3) is 0 Å². The van der Waals surface area contributed by atoms with E-state index in [0.29, 0.717) is 6.04 Å². The highest BCUT2D eigenvalue weighted by Crippen LogP contribution is 2.31. The molecule has 1 fully saturated rings. The Hall–Kier alpha value is -1.10. The van der Waals surface area contributed by atoms with Crippen LogP contribution < -0.4 is 10.2 Å². The maximum absolute atomic E-state index is 5.40. The van der Waals surface area contributed by atoms with Crippen molar-refractivity contribution in [2.75, 3.05) is 39.3 Å². The number of benzene rings is 1. The first-order chi connectivity index (χ1) is 8.64. The molecule has 4 nitrogen and oxygen atoms in total. The van der Waals surface area contributed by atoms with Gasteiger partial charge in [-0.15, -0.1) is 0 Å². The van der Waals surface area contributed by atoms with Gasteiger partial charge in [-0.25, -0.2) is 0 Å². The van der Waals surface area contributed by atoms with Crippen LogP contribution in [0.3, 0.4) is 0 Å². The number of anilines is 1. The van der Waals surface area contributed by atoms with Crippen molar-refractivity contribution in [3.63, 3.8) is 0 Å². The molecule has 1 saturated heterocycles. The third-order valence-electron chi connectivity index (χ3n) is 3.78. The molecule has 1 aliphatic rings. The van der Waals surface area contributed by atoms with Crippen molar-refractivity contribution in [3.05, 3.63) is 29.8 Å². The van der Waals surface area contributed by atoms with Gasteiger partial charge in [0.05, 0.1) is 13.1 Å². The molecule has 1 aromatic rings. The molecule has 100 valence electrons. The van der Waals surface area contributed by atoms with E-state index in [0.717, 1.165) is 13.1 Å². The Bertz CT molecular complexity index is 397. The first-order valence-corrected chi connectivity index (χ1v) is 6.26. The Morgan fingerprint density at radius 3 is 2.50 bits per heavy atom. The lowest BCUT2D eigenvalue weighted by Crippen LogP contribution is -2.64. The van der Waals surface area contributed by atoms with E-state index in [1.807, 2.05) is 7.05 Å². The maximum atomic E-state index is 5.40. The van der Waals surface area contributed by atoms with Gasteiger partial charge in [-0.05, 0) is 31.7 Å². The lowest BCUT2D eigenvalue weighted by atomic mass is 10.0. The van der Waals surface area contributed by atoms with Crippen LogP contribution in [0, 0.1) is 0 Å². The molecule has 0 aliphatic carbocycles. The van der Waals surface area contributed by atoms with Crippen LogP contribution >= 0.6 is 0 Å². The second-order valence-corrected chi connectivity index (χ2v) is 4.78. The third-order valence-corrected chi connectivity index (χ3v) is 3.78. The summed E-state index contributed by atoms with van der Waals surface area (Å²) in [6.07, 6.45) is 0. The van der Waals surface area contributed by atoms with Gasteiger partial charge < -0.3 is 19.7 Å². The number of methoxy groups -OCH3 is 2. The van der Waals surface area contributed by atoms with Crippen molar-refractivity contribution < 1.29 is 9.47 Å². The van der Waals surface area contributed by atoms with Gasteiger partial charge in [-0.2, -0.15) is 0 Å². The Morgan fingerprint density at radius 1 is 1.28 bits per heavy atom. The van der Waals surface area contributed by atoms with E-state index in [4.69, 9.17) is 9.47 Å². The van der Waals surface area contributed by atoms with Crippen LogP contribution in [0.1, 0.15) is 18.5 Å². The number of nitrogens with zero attached hydrogens (tertiary/aromatic N) is 1. The van der Waals surface area contributed by atoms with E-state index in [9.17, 15) is 0 Å². The highest BCUT2D eigenvalue weighted by Gasteiger charge is 2.43. The standard InChI is InChI=1S/C14H22N2O2/c1-11(15-2)12-6-5-7-13(8-12)16-9-14(10-16,17-3)18-4/h5-8,11,15H,9-10H2,1-4H3. The quantitative estimate of drug-likeness (QED) is 0.808. The summed E-state index contributed by atoms with van der Waals surface area (Å²) in [6.45, 7) is 3.71. The first-order valence-electron chi connectivity index (χ1n) is 6.26. The van der Waals surface area contributed by atoms with Gasteiger partial charge in [0.25, 0.3) is 0 Å². The molecule has 2 rings (SSSR count). The Morgan fingerprint density at radius 2 is 1.94 bits per heavy atom. The number of rotatable bonds is 5. The summed E-state index contributed by atoms with van der Waals surface area (Å²) in [5.74, 6) is -0.426. The van der Waals surface area contributed by atoms with E-state index in [2.05, 4.69) is 41.4 Å². The van der Waals surface area contributed by atoms with Crippen molar-refractivity contribution in [2.45, 2.75) is 18.8 Å². The molecule has 0 bridgehead atoms. The summed E-state index contributed by atoms with van der Waals surface area (Å²) in [5, 5.41) is 3.25. The minimum absolute atomic E-state index is 0.362. The molecule has 1 aliphatic heterocycles. The van der Waals surface area contributed by atoms with Crippen molar-refractivity contribution in [2.24, 2.45) is 0 Å². The first kappa shape index (κ1) is 13.3. The number of nitrogens with one attached hydrogen (secondary N) is 1. The highest BCUT2D eigenvalue weighted by molar-refractivity contribution is 5.52. The fourth-order valence-corrected chi connectivity index (χ4v) is 2.22. The highest BCUT2D eigenvalue weighted by atomic mass is 16.7. The summed E-state index contributed by atoms with van der Waals surface area (Å²) >= 11 is 0. The van der Waals surface area contributed by atoms with Crippen LogP contribution in [0.5, 0.6) is 0 Å². The minimum atomic E-state index is -0.426. The molecule has 0 radical (unpaired) electrons. The van der Waals surface area contributed by atoms with Gasteiger partial charge in [-0.1, -0.05) is 12.1 Å². The fourth-order valence-electron chi connectivity index (χ4n) is 2.22. The van der Waals surface area contributed by atoms with Crippen LogP contribution in [0.4, 0.5) is 5.69 Å². The topological polar surface area (TPSA) is 33.7 Å². The van der Waals surface area contributed by atoms with E-state index in [1.165, 1.54) is 11.3 Å². The van der Waals surface area contributed by atoms with Gasteiger partial charge >= 0.3 is 0 Å². The Labute approximate surface area is 109 Å². The molecule has 0 amide bonds. The van der Waals surface area contributed by atoms with Gasteiger partial charge in [-0.3, -0.25) is 0 Å². The van der Waals surface area contributed by atoms with Gasteiger partial charge in [0.1, 0.15) is 0 Å². The lowest BCUT2D eigenvalue weighted by molar-refractivity contribution is -0.219. The zero-order chi connectivity index (χ0) is 13.2. The summed E-state index contributed by atoms with van der Waals surface area (Å²) in [7, 11) is 5.36.